The molecular formula is C14H19FO4. The maximum Gasteiger partial charge on any atom is 0.309 e. The summed E-state index contributed by atoms with van der Waals surface area (Å²) in [5.74, 6) is -1.47. The Morgan fingerprint density at radius 1 is 1.42 bits per heavy atom. The predicted octanol–water partition coefficient (Wildman–Crippen LogP) is 2.33. The van der Waals surface area contributed by atoms with Gasteiger partial charge in [0, 0.05) is 6.42 Å². The molecule has 0 aliphatic heterocycles. The van der Waals surface area contributed by atoms with Gasteiger partial charge in [-0.25, -0.2) is 4.39 Å². The van der Waals surface area contributed by atoms with E-state index in [0.717, 1.165) is 6.07 Å². The maximum absolute atomic E-state index is 13.0. The summed E-state index contributed by atoms with van der Waals surface area (Å²) in [6, 6.07) is 3.54. The van der Waals surface area contributed by atoms with Gasteiger partial charge in [0.2, 0.25) is 0 Å². The van der Waals surface area contributed by atoms with E-state index in [-0.39, 0.29) is 18.6 Å². The van der Waals surface area contributed by atoms with Gasteiger partial charge >= 0.3 is 5.97 Å². The van der Waals surface area contributed by atoms with E-state index >= 15 is 0 Å². The number of carboxylic acid groups (broad SMARTS) is 1. The number of hydrogen-bond donors (Lipinski definition) is 3. The van der Waals surface area contributed by atoms with Crippen molar-refractivity contribution in [3.63, 3.8) is 0 Å². The summed E-state index contributed by atoms with van der Waals surface area (Å²) >= 11 is 0. The van der Waals surface area contributed by atoms with E-state index < -0.39 is 23.3 Å². The number of rotatable bonds is 6. The second-order valence-electron chi connectivity index (χ2n) is 5.36. The molecule has 1 aromatic carbocycles. The zero-order valence-electron chi connectivity index (χ0n) is 11.1. The summed E-state index contributed by atoms with van der Waals surface area (Å²) in [6.07, 6.45) is -0.139. The average Bonchev–Trinajstić information content (AvgIpc) is 2.31. The number of halogens is 1. The number of carboxylic acids is 1. The molecule has 4 nitrogen and oxygen atoms in total. The predicted molar refractivity (Wildman–Crippen MR) is 68.4 cm³/mol. The summed E-state index contributed by atoms with van der Waals surface area (Å²) in [6.45, 7) is 3.17. The normalized spacial score (nSPS) is 13.3. The topological polar surface area (TPSA) is 77.8 Å². The van der Waals surface area contributed by atoms with Crippen LogP contribution in [-0.2, 0) is 11.2 Å². The lowest BCUT2D eigenvalue weighted by atomic mass is 9.86. The van der Waals surface area contributed by atoms with Gasteiger partial charge in [0.05, 0.1) is 11.5 Å². The first kappa shape index (κ1) is 15.4. The van der Waals surface area contributed by atoms with Gasteiger partial charge in [-0.05, 0) is 50.5 Å². The highest BCUT2D eigenvalue weighted by atomic mass is 19.1. The fourth-order valence-corrected chi connectivity index (χ4v) is 1.71. The second-order valence-corrected chi connectivity index (χ2v) is 5.36. The van der Waals surface area contributed by atoms with Crippen molar-refractivity contribution in [3.05, 3.63) is 29.6 Å². The summed E-state index contributed by atoms with van der Waals surface area (Å²) in [4.78, 5) is 10.9. The van der Waals surface area contributed by atoms with Gasteiger partial charge in [-0.3, -0.25) is 4.79 Å². The minimum absolute atomic E-state index is 0.0713. The van der Waals surface area contributed by atoms with Gasteiger partial charge in [0.25, 0.3) is 0 Å². The standard InChI is InChI=1S/C14H19FO4/c1-14(2,13(18)19)6-5-11(16)8-9-7-10(15)3-4-12(9)17/h3-4,7,11,16-17H,5-6,8H2,1-2H3,(H,18,19). The van der Waals surface area contributed by atoms with Crippen LogP contribution in [0.2, 0.25) is 0 Å². The fraction of sp³-hybridized carbons (Fsp3) is 0.500. The number of aromatic hydroxyl groups is 1. The molecule has 0 aliphatic rings. The molecule has 0 amide bonds. The van der Waals surface area contributed by atoms with Crippen molar-refractivity contribution >= 4 is 5.97 Å². The van der Waals surface area contributed by atoms with Crippen LogP contribution < -0.4 is 0 Å². The molecule has 0 bridgehead atoms. The van der Waals surface area contributed by atoms with Crippen molar-refractivity contribution in [2.75, 3.05) is 0 Å². The molecule has 0 saturated heterocycles. The van der Waals surface area contributed by atoms with Crippen LogP contribution >= 0.6 is 0 Å². The lowest BCUT2D eigenvalue weighted by Gasteiger charge is -2.21. The Kier molecular flexibility index (Phi) is 4.89. The maximum atomic E-state index is 13.0. The molecule has 3 N–H and O–H groups in total. The van der Waals surface area contributed by atoms with Gasteiger partial charge in [-0.2, -0.15) is 0 Å². The molecule has 19 heavy (non-hydrogen) atoms. The average molecular weight is 270 g/mol. The molecule has 1 rings (SSSR count). The van der Waals surface area contributed by atoms with Gasteiger partial charge in [-0.1, -0.05) is 0 Å². The van der Waals surface area contributed by atoms with Gasteiger partial charge in [0.1, 0.15) is 11.6 Å². The molecule has 1 aromatic rings. The third-order valence-electron chi connectivity index (χ3n) is 3.18. The molecule has 0 saturated carbocycles. The van der Waals surface area contributed by atoms with Crippen LogP contribution in [0.25, 0.3) is 0 Å². The molecule has 1 unspecified atom stereocenters. The zero-order valence-corrected chi connectivity index (χ0v) is 11.1. The fourth-order valence-electron chi connectivity index (χ4n) is 1.71. The number of benzene rings is 1. The Balaban J connectivity index is 2.58. The highest BCUT2D eigenvalue weighted by Crippen LogP contribution is 2.26. The molecule has 5 heteroatoms. The van der Waals surface area contributed by atoms with Crippen LogP contribution in [0.4, 0.5) is 4.39 Å². The van der Waals surface area contributed by atoms with Crippen molar-refractivity contribution < 1.29 is 24.5 Å². The molecule has 0 aliphatic carbocycles. The van der Waals surface area contributed by atoms with Gasteiger partial charge in [0.15, 0.2) is 0 Å². The minimum atomic E-state index is -0.923. The Morgan fingerprint density at radius 2 is 2.05 bits per heavy atom. The van der Waals surface area contributed by atoms with Crippen LogP contribution in [0.5, 0.6) is 5.75 Å². The number of aliphatic carboxylic acids is 1. The van der Waals surface area contributed by atoms with Crippen molar-refractivity contribution in [2.45, 2.75) is 39.2 Å². The van der Waals surface area contributed by atoms with Crippen LogP contribution in [0, 0.1) is 11.2 Å². The van der Waals surface area contributed by atoms with Gasteiger partial charge in [-0.15, -0.1) is 0 Å². The molecule has 106 valence electrons. The number of hydrogen-bond acceptors (Lipinski definition) is 3. The number of aliphatic hydroxyl groups is 1. The van der Waals surface area contributed by atoms with Crippen molar-refractivity contribution in [3.8, 4) is 5.75 Å². The van der Waals surface area contributed by atoms with Crippen LogP contribution in [-0.4, -0.2) is 27.4 Å². The molecule has 0 heterocycles. The van der Waals surface area contributed by atoms with Crippen molar-refractivity contribution in [1.82, 2.24) is 0 Å². The number of phenolic OH excluding ortho intramolecular Hbond substituents is 1. The molecule has 0 spiro atoms. The Bertz CT molecular complexity index is 457. The van der Waals surface area contributed by atoms with E-state index in [2.05, 4.69) is 0 Å². The number of phenols is 1. The first-order chi connectivity index (χ1) is 8.72. The van der Waals surface area contributed by atoms with Crippen LogP contribution in [0.15, 0.2) is 18.2 Å². The highest BCUT2D eigenvalue weighted by Gasteiger charge is 2.27. The third-order valence-corrected chi connectivity index (χ3v) is 3.18. The van der Waals surface area contributed by atoms with E-state index in [1.807, 2.05) is 0 Å². The van der Waals surface area contributed by atoms with Crippen molar-refractivity contribution in [1.29, 1.82) is 0 Å². The first-order valence-corrected chi connectivity index (χ1v) is 6.11. The monoisotopic (exact) mass is 270 g/mol. The minimum Gasteiger partial charge on any atom is -0.508 e. The smallest absolute Gasteiger partial charge is 0.309 e. The van der Waals surface area contributed by atoms with Crippen LogP contribution in [0.1, 0.15) is 32.3 Å². The molecule has 0 fully saturated rings. The Labute approximate surface area is 111 Å². The molecule has 1 atom stereocenters. The quantitative estimate of drug-likeness (QED) is 0.741. The van der Waals surface area contributed by atoms with E-state index in [9.17, 15) is 19.4 Å². The Morgan fingerprint density at radius 3 is 2.63 bits per heavy atom. The van der Waals surface area contributed by atoms with Crippen molar-refractivity contribution in [2.24, 2.45) is 5.41 Å². The molecular weight excluding hydrogens is 251 g/mol. The summed E-state index contributed by atoms with van der Waals surface area (Å²) < 4.78 is 13.0. The first-order valence-electron chi connectivity index (χ1n) is 6.11. The van der Waals surface area contributed by atoms with E-state index in [1.54, 1.807) is 13.8 Å². The largest absolute Gasteiger partial charge is 0.508 e. The molecule has 0 aromatic heterocycles. The summed E-state index contributed by atoms with van der Waals surface area (Å²) in [7, 11) is 0. The Hall–Kier alpha value is -1.62. The number of carbonyl (C=O) groups is 1. The second kappa shape index (κ2) is 6.02. The number of aliphatic hydroxyl groups excluding tert-OH is 1. The third kappa shape index (κ3) is 4.52. The van der Waals surface area contributed by atoms with E-state index in [1.165, 1.54) is 12.1 Å². The van der Waals surface area contributed by atoms with Crippen LogP contribution in [0.3, 0.4) is 0 Å². The van der Waals surface area contributed by atoms with Gasteiger partial charge < -0.3 is 15.3 Å². The summed E-state index contributed by atoms with van der Waals surface area (Å²) in [5.41, 5.74) is -0.592. The van der Waals surface area contributed by atoms with E-state index in [4.69, 9.17) is 5.11 Å². The van der Waals surface area contributed by atoms with E-state index in [0.29, 0.717) is 12.0 Å². The highest BCUT2D eigenvalue weighted by molar-refractivity contribution is 5.73. The summed E-state index contributed by atoms with van der Waals surface area (Å²) in [5, 5.41) is 28.3. The molecule has 0 radical (unpaired) electrons. The zero-order chi connectivity index (χ0) is 14.6. The lowest BCUT2D eigenvalue weighted by Crippen LogP contribution is -2.25. The lowest BCUT2D eigenvalue weighted by molar-refractivity contribution is -0.147. The SMILES string of the molecule is CC(C)(CCC(O)Cc1cc(F)ccc1O)C(=O)O.